The maximum Gasteiger partial charge on any atom is 0.168 e. The lowest BCUT2D eigenvalue weighted by Crippen LogP contribution is -2.01. The third-order valence-electron chi connectivity index (χ3n) is 2.36. The monoisotopic (exact) mass is 233 g/mol. The molecule has 3 nitrogen and oxygen atoms in total. The first-order valence-corrected chi connectivity index (χ1v) is 6.17. The van der Waals surface area contributed by atoms with Gasteiger partial charge in [0.15, 0.2) is 5.82 Å². The molecule has 1 aromatic heterocycles. The number of aromatic nitrogens is 2. The van der Waals surface area contributed by atoms with Crippen LogP contribution in [-0.2, 0) is 0 Å². The first kappa shape index (κ1) is 11.1. The molecule has 0 radical (unpaired) electrons. The van der Waals surface area contributed by atoms with Gasteiger partial charge in [-0.15, -0.1) is 0 Å². The van der Waals surface area contributed by atoms with Crippen LogP contribution in [0.2, 0.25) is 0 Å². The Hall–Kier alpha value is -1.42. The molecule has 0 spiro atoms. The zero-order valence-corrected chi connectivity index (χ0v) is 10.3. The minimum atomic E-state index is 0.899. The molecule has 1 aromatic carbocycles. The summed E-state index contributed by atoms with van der Waals surface area (Å²) in [5.74, 6) is 0.899. The molecule has 4 heteroatoms. The van der Waals surface area contributed by atoms with Crippen LogP contribution >= 0.6 is 11.7 Å². The second kappa shape index (κ2) is 5.07. The summed E-state index contributed by atoms with van der Waals surface area (Å²) in [4.78, 5) is 0. The van der Waals surface area contributed by atoms with Crippen molar-refractivity contribution in [3.8, 4) is 11.3 Å². The lowest BCUT2D eigenvalue weighted by molar-refractivity contribution is 0.974. The molecule has 0 amide bonds. The van der Waals surface area contributed by atoms with Gasteiger partial charge in [0.2, 0.25) is 0 Å². The quantitative estimate of drug-likeness (QED) is 0.880. The van der Waals surface area contributed by atoms with Crippen molar-refractivity contribution in [3.63, 3.8) is 0 Å². The van der Waals surface area contributed by atoms with Crippen molar-refractivity contribution >= 4 is 17.5 Å². The standard InChI is InChI=1S/C12H15N3S/c1-3-8-13-12-11(14-16-15-12)10-6-4-9(2)5-7-10/h4-7H,3,8H2,1-2H3,(H,13,15). The summed E-state index contributed by atoms with van der Waals surface area (Å²) < 4.78 is 8.61. The molecule has 2 aromatic rings. The van der Waals surface area contributed by atoms with Crippen LogP contribution in [0.4, 0.5) is 5.82 Å². The normalized spacial score (nSPS) is 10.4. The van der Waals surface area contributed by atoms with Gasteiger partial charge in [0.05, 0.1) is 11.7 Å². The predicted octanol–water partition coefficient (Wildman–Crippen LogP) is 3.34. The van der Waals surface area contributed by atoms with E-state index in [1.165, 1.54) is 17.3 Å². The molecule has 0 atom stereocenters. The minimum absolute atomic E-state index is 0.899. The number of nitrogens with one attached hydrogen (secondary N) is 1. The fourth-order valence-corrected chi connectivity index (χ4v) is 2.00. The number of hydrogen-bond acceptors (Lipinski definition) is 4. The summed E-state index contributed by atoms with van der Waals surface area (Å²) in [6.45, 7) is 5.15. The highest BCUT2D eigenvalue weighted by atomic mass is 32.1. The number of benzene rings is 1. The molecular weight excluding hydrogens is 218 g/mol. The van der Waals surface area contributed by atoms with E-state index in [2.05, 4.69) is 52.2 Å². The smallest absolute Gasteiger partial charge is 0.168 e. The first-order valence-electron chi connectivity index (χ1n) is 5.44. The zero-order chi connectivity index (χ0) is 11.4. The molecule has 0 bridgehead atoms. The van der Waals surface area contributed by atoms with Crippen molar-refractivity contribution in [1.29, 1.82) is 0 Å². The third-order valence-corrected chi connectivity index (χ3v) is 2.88. The molecule has 16 heavy (non-hydrogen) atoms. The maximum atomic E-state index is 4.34. The van der Waals surface area contributed by atoms with E-state index >= 15 is 0 Å². The Morgan fingerprint density at radius 1 is 1.19 bits per heavy atom. The third kappa shape index (κ3) is 2.39. The van der Waals surface area contributed by atoms with Gasteiger partial charge < -0.3 is 5.32 Å². The van der Waals surface area contributed by atoms with Crippen LogP contribution < -0.4 is 5.32 Å². The van der Waals surface area contributed by atoms with Crippen LogP contribution in [0.1, 0.15) is 18.9 Å². The Morgan fingerprint density at radius 2 is 1.94 bits per heavy atom. The number of hydrogen-bond donors (Lipinski definition) is 1. The minimum Gasteiger partial charge on any atom is -0.367 e. The van der Waals surface area contributed by atoms with E-state index in [0.717, 1.165) is 30.0 Å². The molecule has 0 aliphatic carbocycles. The Kier molecular flexibility index (Phi) is 3.51. The first-order chi connectivity index (χ1) is 7.81. The van der Waals surface area contributed by atoms with E-state index in [0.29, 0.717) is 0 Å². The van der Waals surface area contributed by atoms with Crippen molar-refractivity contribution in [3.05, 3.63) is 29.8 Å². The molecule has 0 saturated heterocycles. The fourth-order valence-electron chi connectivity index (χ4n) is 1.45. The molecule has 0 saturated carbocycles. The Morgan fingerprint density at radius 3 is 2.62 bits per heavy atom. The van der Waals surface area contributed by atoms with Crippen LogP contribution in [0.5, 0.6) is 0 Å². The largest absolute Gasteiger partial charge is 0.367 e. The summed E-state index contributed by atoms with van der Waals surface area (Å²) in [5, 5.41) is 3.29. The average molecular weight is 233 g/mol. The molecule has 0 aliphatic heterocycles. The molecule has 1 heterocycles. The zero-order valence-electron chi connectivity index (χ0n) is 9.53. The maximum absolute atomic E-state index is 4.34. The molecule has 0 aliphatic rings. The number of aryl methyl sites for hydroxylation is 1. The number of nitrogens with zero attached hydrogens (tertiary/aromatic N) is 2. The summed E-state index contributed by atoms with van der Waals surface area (Å²) in [7, 11) is 0. The highest BCUT2D eigenvalue weighted by Crippen LogP contribution is 2.25. The van der Waals surface area contributed by atoms with E-state index in [-0.39, 0.29) is 0 Å². The van der Waals surface area contributed by atoms with Crippen LogP contribution in [0, 0.1) is 6.92 Å². The van der Waals surface area contributed by atoms with Gasteiger partial charge in [-0.1, -0.05) is 36.8 Å². The van der Waals surface area contributed by atoms with Gasteiger partial charge in [-0.3, -0.25) is 0 Å². The Labute approximate surface area is 99.9 Å². The van der Waals surface area contributed by atoms with Gasteiger partial charge in [-0.2, -0.15) is 8.75 Å². The average Bonchev–Trinajstić information content (AvgIpc) is 2.75. The van der Waals surface area contributed by atoms with E-state index in [4.69, 9.17) is 0 Å². The second-order valence-electron chi connectivity index (χ2n) is 3.75. The van der Waals surface area contributed by atoms with E-state index in [1.807, 2.05) is 0 Å². The lowest BCUT2D eigenvalue weighted by Gasteiger charge is -2.03. The fraction of sp³-hybridized carbons (Fsp3) is 0.333. The second-order valence-corrected chi connectivity index (χ2v) is 4.28. The summed E-state index contributed by atoms with van der Waals surface area (Å²) in [5.41, 5.74) is 3.34. The van der Waals surface area contributed by atoms with E-state index in [1.54, 1.807) is 0 Å². The van der Waals surface area contributed by atoms with Gasteiger partial charge in [0.1, 0.15) is 5.69 Å². The Balaban J connectivity index is 2.26. The van der Waals surface area contributed by atoms with Crippen molar-refractivity contribution in [2.24, 2.45) is 0 Å². The molecule has 1 N–H and O–H groups in total. The number of rotatable bonds is 4. The van der Waals surface area contributed by atoms with Crippen LogP contribution in [-0.4, -0.2) is 15.3 Å². The van der Waals surface area contributed by atoms with Crippen LogP contribution in [0.15, 0.2) is 24.3 Å². The molecule has 0 unspecified atom stereocenters. The molecular formula is C12H15N3S. The predicted molar refractivity (Wildman–Crippen MR) is 68.9 cm³/mol. The highest BCUT2D eigenvalue weighted by Gasteiger charge is 2.09. The summed E-state index contributed by atoms with van der Waals surface area (Å²) in [6.07, 6.45) is 1.09. The van der Waals surface area contributed by atoms with Gasteiger partial charge >= 0.3 is 0 Å². The molecule has 0 fully saturated rings. The van der Waals surface area contributed by atoms with Gasteiger partial charge in [-0.05, 0) is 13.3 Å². The SMILES string of the molecule is CCCNc1nsnc1-c1ccc(C)cc1. The van der Waals surface area contributed by atoms with Crippen molar-refractivity contribution in [1.82, 2.24) is 8.75 Å². The molecule has 2 rings (SSSR count). The van der Waals surface area contributed by atoms with E-state index in [9.17, 15) is 0 Å². The van der Waals surface area contributed by atoms with Crippen LogP contribution in [0.25, 0.3) is 11.3 Å². The van der Waals surface area contributed by atoms with Crippen LogP contribution in [0.3, 0.4) is 0 Å². The van der Waals surface area contributed by atoms with Crippen molar-refractivity contribution < 1.29 is 0 Å². The van der Waals surface area contributed by atoms with Gasteiger partial charge in [-0.25, -0.2) is 0 Å². The van der Waals surface area contributed by atoms with Gasteiger partial charge in [0, 0.05) is 12.1 Å². The highest BCUT2D eigenvalue weighted by molar-refractivity contribution is 6.99. The molecule has 84 valence electrons. The van der Waals surface area contributed by atoms with Gasteiger partial charge in [0.25, 0.3) is 0 Å². The Bertz CT molecular complexity index is 448. The van der Waals surface area contributed by atoms with E-state index < -0.39 is 0 Å². The summed E-state index contributed by atoms with van der Waals surface area (Å²) in [6, 6.07) is 8.36. The number of anilines is 1. The van der Waals surface area contributed by atoms with Crippen molar-refractivity contribution in [2.75, 3.05) is 11.9 Å². The van der Waals surface area contributed by atoms with Crippen molar-refractivity contribution in [2.45, 2.75) is 20.3 Å². The lowest BCUT2D eigenvalue weighted by atomic mass is 10.1. The summed E-state index contributed by atoms with van der Waals surface area (Å²) >= 11 is 1.25. The topological polar surface area (TPSA) is 37.8 Å².